The van der Waals surface area contributed by atoms with Crippen molar-refractivity contribution in [3.8, 4) is 6.07 Å². The molecular weight excluding hydrogens is 216 g/mol. The molecule has 1 rings (SSSR count). The van der Waals surface area contributed by atoms with Crippen LogP contribution in [0.4, 0.5) is 0 Å². The van der Waals surface area contributed by atoms with Crippen molar-refractivity contribution >= 4 is 11.3 Å². The fraction of sp³-hybridized carbons (Fsp3) is 0.615. The Balaban J connectivity index is 2.21. The summed E-state index contributed by atoms with van der Waals surface area (Å²) >= 11 is 1.74. The van der Waals surface area contributed by atoms with Crippen LogP contribution in [0.2, 0.25) is 0 Å². The molecule has 0 fully saturated rings. The highest BCUT2D eigenvalue weighted by Gasteiger charge is 2.15. The molecule has 0 saturated carbocycles. The lowest BCUT2D eigenvalue weighted by atomic mass is 9.90. The van der Waals surface area contributed by atoms with Gasteiger partial charge in [0, 0.05) is 6.54 Å². The van der Waals surface area contributed by atoms with E-state index in [0.717, 1.165) is 25.9 Å². The van der Waals surface area contributed by atoms with Gasteiger partial charge in [-0.2, -0.15) is 16.6 Å². The topological polar surface area (TPSA) is 27.0 Å². The zero-order valence-electron chi connectivity index (χ0n) is 10.4. The predicted octanol–water partition coefficient (Wildman–Crippen LogP) is 3.51. The summed E-state index contributed by atoms with van der Waals surface area (Å²) < 4.78 is 0. The van der Waals surface area contributed by atoms with E-state index in [9.17, 15) is 0 Å². The third-order valence-electron chi connectivity index (χ3n) is 2.68. The standard InChI is InChI=1S/C13H20N2S/c1-13(2,11-14)6-4-7-15(3)9-12-5-8-16-10-12/h5,8,10H,4,6-7,9H2,1-3H3. The zero-order chi connectivity index (χ0) is 12.0. The Hall–Kier alpha value is -0.850. The average molecular weight is 236 g/mol. The molecule has 0 spiro atoms. The van der Waals surface area contributed by atoms with Gasteiger partial charge >= 0.3 is 0 Å². The maximum Gasteiger partial charge on any atom is 0.0683 e. The molecule has 0 atom stereocenters. The first-order chi connectivity index (χ1) is 7.53. The number of thiophene rings is 1. The molecule has 0 aliphatic carbocycles. The second-order valence-electron chi connectivity index (χ2n) is 4.97. The lowest BCUT2D eigenvalue weighted by molar-refractivity contribution is 0.298. The molecule has 0 radical (unpaired) electrons. The summed E-state index contributed by atoms with van der Waals surface area (Å²) in [6, 6.07) is 4.51. The molecule has 0 amide bonds. The van der Waals surface area contributed by atoms with Gasteiger partial charge in [-0.1, -0.05) is 0 Å². The fourth-order valence-corrected chi connectivity index (χ4v) is 2.28. The Morgan fingerprint density at radius 2 is 2.25 bits per heavy atom. The quantitative estimate of drug-likeness (QED) is 0.755. The molecular formula is C13H20N2S. The Kier molecular flexibility index (Phi) is 4.98. The summed E-state index contributed by atoms with van der Waals surface area (Å²) in [6.07, 6.45) is 2.05. The van der Waals surface area contributed by atoms with Gasteiger partial charge in [0.25, 0.3) is 0 Å². The molecule has 1 heterocycles. The predicted molar refractivity (Wildman–Crippen MR) is 69.3 cm³/mol. The SMILES string of the molecule is CN(CCCC(C)(C)C#N)Cc1ccsc1. The molecule has 0 N–H and O–H groups in total. The van der Waals surface area contributed by atoms with Gasteiger partial charge in [-0.15, -0.1) is 0 Å². The summed E-state index contributed by atoms with van der Waals surface area (Å²) in [5, 5.41) is 13.2. The highest BCUT2D eigenvalue weighted by molar-refractivity contribution is 7.07. The van der Waals surface area contributed by atoms with E-state index in [1.54, 1.807) is 11.3 Å². The van der Waals surface area contributed by atoms with Gasteiger partial charge in [0.05, 0.1) is 11.5 Å². The van der Waals surface area contributed by atoms with E-state index in [4.69, 9.17) is 5.26 Å². The monoisotopic (exact) mass is 236 g/mol. The second kappa shape index (κ2) is 6.03. The van der Waals surface area contributed by atoms with Crippen LogP contribution >= 0.6 is 11.3 Å². The molecule has 3 heteroatoms. The first kappa shape index (κ1) is 13.2. The second-order valence-corrected chi connectivity index (χ2v) is 5.75. The van der Waals surface area contributed by atoms with Crippen molar-refractivity contribution in [2.45, 2.75) is 33.2 Å². The summed E-state index contributed by atoms with van der Waals surface area (Å²) in [6.45, 7) is 6.08. The Morgan fingerprint density at radius 3 is 2.81 bits per heavy atom. The highest BCUT2D eigenvalue weighted by Crippen LogP contribution is 2.20. The van der Waals surface area contributed by atoms with E-state index in [1.807, 2.05) is 13.8 Å². The van der Waals surface area contributed by atoms with Crippen molar-refractivity contribution in [2.75, 3.05) is 13.6 Å². The Morgan fingerprint density at radius 1 is 1.50 bits per heavy atom. The van der Waals surface area contributed by atoms with Gasteiger partial charge in [-0.25, -0.2) is 0 Å². The minimum atomic E-state index is -0.177. The van der Waals surface area contributed by atoms with Crippen LogP contribution in [0, 0.1) is 16.7 Å². The van der Waals surface area contributed by atoms with Crippen LogP contribution in [-0.2, 0) is 6.54 Å². The summed E-state index contributed by atoms with van der Waals surface area (Å²) in [4.78, 5) is 2.31. The molecule has 0 saturated heterocycles. The third-order valence-corrected chi connectivity index (χ3v) is 3.41. The summed E-state index contributed by atoms with van der Waals surface area (Å²) in [7, 11) is 2.14. The van der Waals surface area contributed by atoms with Gasteiger partial charge in [0.1, 0.15) is 0 Å². The van der Waals surface area contributed by atoms with Gasteiger partial charge in [-0.05, 0) is 62.7 Å². The summed E-state index contributed by atoms with van der Waals surface area (Å²) in [5.41, 5.74) is 1.20. The van der Waals surface area contributed by atoms with E-state index in [1.165, 1.54) is 5.56 Å². The number of hydrogen-bond acceptors (Lipinski definition) is 3. The van der Waals surface area contributed by atoms with Gasteiger partial charge in [-0.3, -0.25) is 0 Å². The van der Waals surface area contributed by atoms with Gasteiger partial charge < -0.3 is 4.90 Å². The number of hydrogen-bond donors (Lipinski definition) is 0. The van der Waals surface area contributed by atoms with Crippen LogP contribution in [0.25, 0.3) is 0 Å². The maximum atomic E-state index is 8.90. The van der Waals surface area contributed by atoms with Crippen LogP contribution < -0.4 is 0 Å². The number of nitrogens with zero attached hydrogens (tertiary/aromatic N) is 2. The van der Waals surface area contributed by atoms with Crippen LogP contribution in [0.5, 0.6) is 0 Å². The lowest BCUT2D eigenvalue weighted by Crippen LogP contribution is -2.20. The van der Waals surface area contributed by atoms with Crippen LogP contribution in [0.15, 0.2) is 16.8 Å². The summed E-state index contributed by atoms with van der Waals surface area (Å²) in [5.74, 6) is 0. The van der Waals surface area contributed by atoms with Crippen LogP contribution in [0.3, 0.4) is 0 Å². The van der Waals surface area contributed by atoms with E-state index in [-0.39, 0.29) is 5.41 Å². The Bertz CT molecular complexity index is 335. The molecule has 0 aliphatic heterocycles. The van der Waals surface area contributed by atoms with Crippen molar-refractivity contribution in [2.24, 2.45) is 5.41 Å². The molecule has 0 unspecified atom stereocenters. The van der Waals surface area contributed by atoms with Gasteiger partial charge in [0.15, 0.2) is 0 Å². The van der Waals surface area contributed by atoms with E-state index in [0.29, 0.717) is 0 Å². The molecule has 1 aromatic heterocycles. The molecule has 0 aliphatic rings. The molecule has 16 heavy (non-hydrogen) atoms. The first-order valence-electron chi connectivity index (χ1n) is 5.64. The van der Waals surface area contributed by atoms with E-state index in [2.05, 4.69) is 34.8 Å². The van der Waals surface area contributed by atoms with Crippen molar-refractivity contribution in [1.29, 1.82) is 5.26 Å². The normalized spacial score (nSPS) is 11.7. The van der Waals surface area contributed by atoms with Crippen molar-refractivity contribution < 1.29 is 0 Å². The zero-order valence-corrected chi connectivity index (χ0v) is 11.2. The van der Waals surface area contributed by atoms with Crippen molar-refractivity contribution in [3.63, 3.8) is 0 Å². The smallest absolute Gasteiger partial charge is 0.0683 e. The van der Waals surface area contributed by atoms with E-state index >= 15 is 0 Å². The van der Waals surface area contributed by atoms with Crippen molar-refractivity contribution in [1.82, 2.24) is 4.90 Å². The third kappa shape index (κ3) is 4.78. The molecule has 1 aromatic rings. The van der Waals surface area contributed by atoms with E-state index < -0.39 is 0 Å². The minimum absolute atomic E-state index is 0.177. The van der Waals surface area contributed by atoms with Crippen LogP contribution in [0.1, 0.15) is 32.3 Å². The number of rotatable bonds is 6. The highest BCUT2D eigenvalue weighted by atomic mass is 32.1. The number of nitriles is 1. The fourth-order valence-electron chi connectivity index (χ4n) is 1.62. The molecule has 2 nitrogen and oxygen atoms in total. The van der Waals surface area contributed by atoms with Crippen LogP contribution in [-0.4, -0.2) is 18.5 Å². The average Bonchev–Trinajstić information content (AvgIpc) is 2.70. The van der Waals surface area contributed by atoms with Crippen molar-refractivity contribution in [3.05, 3.63) is 22.4 Å². The largest absolute Gasteiger partial charge is 0.302 e. The molecule has 0 bridgehead atoms. The first-order valence-corrected chi connectivity index (χ1v) is 6.59. The maximum absolute atomic E-state index is 8.90. The lowest BCUT2D eigenvalue weighted by Gasteiger charge is -2.19. The molecule has 88 valence electrons. The van der Waals surface area contributed by atoms with Gasteiger partial charge in [0.2, 0.25) is 0 Å². The minimum Gasteiger partial charge on any atom is -0.302 e. The Labute approximate surface area is 103 Å². The molecule has 0 aromatic carbocycles.